The first kappa shape index (κ1) is 21.7. The van der Waals surface area contributed by atoms with E-state index in [2.05, 4.69) is 4.98 Å². The lowest BCUT2D eigenvalue weighted by Crippen LogP contribution is -2.30. The second-order valence-corrected chi connectivity index (χ2v) is 8.49. The third kappa shape index (κ3) is 3.23. The SMILES string of the molecule is COc1ccc([C@@H]2c3c(oc4cc(C)c(C)cc4c3=O)C(=O)N2c2ccc(C)cn2)cc1OC. The molecule has 4 aromatic rings. The van der Waals surface area contributed by atoms with Gasteiger partial charge in [0.05, 0.1) is 31.2 Å². The van der Waals surface area contributed by atoms with E-state index in [0.717, 1.165) is 16.7 Å². The number of fused-ring (bicyclic) bond motifs is 2. The maximum Gasteiger partial charge on any atom is 0.296 e. The van der Waals surface area contributed by atoms with Crippen molar-refractivity contribution in [3.63, 3.8) is 0 Å². The Labute approximate surface area is 196 Å². The highest BCUT2D eigenvalue weighted by molar-refractivity contribution is 6.10. The predicted octanol–water partition coefficient (Wildman–Crippen LogP) is 4.88. The van der Waals surface area contributed by atoms with Gasteiger partial charge in [0, 0.05) is 6.20 Å². The molecule has 1 amide bonds. The van der Waals surface area contributed by atoms with Crippen LogP contribution < -0.4 is 19.8 Å². The van der Waals surface area contributed by atoms with E-state index in [1.165, 1.54) is 4.90 Å². The standard InChI is InChI=1S/C27H24N2O5/c1-14-6-9-22(28-13-14)29-24(17-7-8-19(32-4)21(12-17)33-5)23-25(30)18-10-15(2)16(3)11-20(18)34-26(23)27(29)31/h6-13,24H,1-5H3/t24-/m1/s1. The lowest BCUT2D eigenvalue weighted by atomic mass is 9.97. The summed E-state index contributed by atoms with van der Waals surface area (Å²) >= 11 is 0. The number of hydrogen-bond donors (Lipinski definition) is 0. The highest BCUT2D eigenvalue weighted by atomic mass is 16.5. The Bertz CT molecular complexity index is 1500. The van der Waals surface area contributed by atoms with Crippen LogP contribution in [0.25, 0.3) is 11.0 Å². The molecule has 1 aliphatic heterocycles. The van der Waals surface area contributed by atoms with Crippen LogP contribution in [0.4, 0.5) is 5.82 Å². The first-order valence-corrected chi connectivity index (χ1v) is 10.9. The molecule has 0 fully saturated rings. The first-order chi connectivity index (χ1) is 16.3. The maximum atomic E-state index is 13.8. The number of hydrogen-bond acceptors (Lipinski definition) is 6. The fourth-order valence-electron chi connectivity index (χ4n) is 4.41. The number of carbonyl (C=O) groups is 1. The van der Waals surface area contributed by atoms with Crippen LogP contribution in [0.15, 0.2) is 57.9 Å². The third-order valence-electron chi connectivity index (χ3n) is 6.35. The number of benzene rings is 2. The minimum atomic E-state index is -0.736. The summed E-state index contributed by atoms with van der Waals surface area (Å²) in [4.78, 5) is 33.5. The van der Waals surface area contributed by atoms with Crippen molar-refractivity contribution in [1.29, 1.82) is 0 Å². The van der Waals surface area contributed by atoms with Gasteiger partial charge in [-0.15, -0.1) is 0 Å². The molecule has 0 N–H and O–H groups in total. The predicted molar refractivity (Wildman–Crippen MR) is 129 cm³/mol. The van der Waals surface area contributed by atoms with Crippen LogP contribution >= 0.6 is 0 Å². The summed E-state index contributed by atoms with van der Waals surface area (Å²) in [7, 11) is 3.10. The van der Waals surface area contributed by atoms with Crippen molar-refractivity contribution in [2.24, 2.45) is 0 Å². The van der Waals surface area contributed by atoms with Gasteiger partial charge in [0.1, 0.15) is 11.4 Å². The molecule has 0 unspecified atom stereocenters. The van der Waals surface area contributed by atoms with Crippen LogP contribution in [0, 0.1) is 20.8 Å². The highest BCUT2D eigenvalue weighted by Crippen LogP contribution is 2.42. The van der Waals surface area contributed by atoms with Gasteiger partial charge in [-0.1, -0.05) is 12.1 Å². The summed E-state index contributed by atoms with van der Waals surface area (Å²) < 4.78 is 17.0. The Balaban J connectivity index is 1.82. The normalized spacial score (nSPS) is 15.0. The number of aromatic nitrogens is 1. The second-order valence-electron chi connectivity index (χ2n) is 8.49. The quantitative estimate of drug-likeness (QED) is 0.435. The Kier molecular flexibility index (Phi) is 5.12. The molecular formula is C27H24N2O5. The average molecular weight is 456 g/mol. The van der Waals surface area contributed by atoms with Crippen molar-refractivity contribution in [3.8, 4) is 11.5 Å². The van der Waals surface area contributed by atoms with Gasteiger partial charge in [-0.2, -0.15) is 0 Å². The van der Waals surface area contributed by atoms with Crippen LogP contribution in [0.3, 0.4) is 0 Å². The Hall–Kier alpha value is -4.13. The van der Waals surface area contributed by atoms with Crippen LogP contribution in [0.1, 0.15) is 44.4 Å². The molecule has 0 bridgehead atoms. The molecule has 7 nitrogen and oxygen atoms in total. The molecule has 172 valence electrons. The zero-order valence-corrected chi connectivity index (χ0v) is 19.6. The number of rotatable bonds is 4. The van der Waals surface area contributed by atoms with Crippen molar-refractivity contribution in [3.05, 3.63) is 92.5 Å². The lowest BCUT2D eigenvalue weighted by Gasteiger charge is -2.25. The fraction of sp³-hybridized carbons (Fsp3) is 0.222. The zero-order valence-electron chi connectivity index (χ0n) is 19.6. The van der Waals surface area contributed by atoms with Crippen molar-refractivity contribution < 1.29 is 18.7 Å². The Morgan fingerprint density at radius 3 is 2.32 bits per heavy atom. The molecule has 0 saturated carbocycles. The number of pyridine rings is 1. The molecular weight excluding hydrogens is 432 g/mol. The monoisotopic (exact) mass is 456 g/mol. The Morgan fingerprint density at radius 2 is 1.65 bits per heavy atom. The largest absolute Gasteiger partial charge is 0.493 e. The fourth-order valence-corrected chi connectivity index (χ4v) is 4.41. The van der Waals surface area contributed by atoms with Gasteiger partial charge in [-0.25, -0.2) is 4.98 Å². The molecule has 34 heavy (non-hydrogen) atoms. The molecule has 2 aromatic heterocycles. The van der Waals surface area contributed by atoms with Gasteiger partial charge in [-0.3, -0.25) is 14.5 Å². The summed E-state index contributed by atoms with van der Waals surface area (Å²) in [6, 6.07) is 11.9. The number of nitrogens with zero attached hydrogens (tertiary/aromatic N) is 2. The van der Waals surface area contributed by atoms with Gasteiger partial charge < -0.3 is 13.9 Å². The molecule has 3 heterocycles. The van der Waals surface area contributed by atoms with E-state index in [4.69, 9.17) is 13.9 Å². The molecule has 1 atom stereocenters. The second kappa shape index (κ2) is 8.02. The summed E-state index contributed by atoms with van der Waals surface area (Å²) in [5.74, 6) is 1.09. The highest BCUT2D eigenvalue weighted by Gasteiger charge is 2.44. The van der Waals surface area contributed by atoms with Gasteiger partial charge in [-0.05, 0) is 73.4 Å². The van der Waals surface area contributed by atoms with E-state index in [1.807, 2.05) is 39.0 Å². The summed E-state index contributed by atoms with van der Waals surface area (Å²) in [6.07, 6.45) is 1.69. The number of carbonyl (C=O) groups excluding carboxylic acids is 1. The van der Waals surface area contributed by atoms with E-state index in [-0.39, 0.29) is 16.8 Å². The number of anilines is 1. The molecule has 7 heteroatoms. The van der Waals surface area contributed by atoms with Gasteiger partial charge in [0.25, 0.3) is 5.91 Å². The van der Waals surface area contributed by atoms with Crippen LogP contribution in [0.2, 0.25) is 0 Å². The summed E-state index contributed by atoms with van der Waals surface area (Å²) in [5, 5.41) is 0.443. The van der Waals surface area contributed by atoms with Gasteiger partial charge in [0.2, 0.25) is 5.76 Å². The summed E-state index contributed by atoms with van der Waals surface area (Å²) in [6.45, 7) is 5.81. The van der Waals surface area contributed by atoms with Gasteiger partial charge >= 0.3 is 0 Å². The van der Waals surface area contributed by atoms with E-state index < -0.39 is 11.9 Å². The topological polar surface area (TPSA) is 81.9 Å². The van der Waals surface area contributed by atoms with Crippen molar-refractivity contribution in [2.75, 3.05) is 19.1 Å². The molecule has 0 aliphatic carbocycles. The van der Waals surface area contributed by atoms with Crippen molar-refractivity contribution in [2.45, 2.75) is 26.8 Å². The zero-order chi connectivity index (χ0) is 24.1. The number of amides is 1. The van der Waals surface area contributed by atoms with Gasteiger partial charge in [0.15, 0.2) is 16.9 Å². The number of methoxy groups -OCH3 is 2. The van der Waals surface area contributed by atoms with E-state index in [1.54, 1.807) is 44.7 Å². The molecule has 2 aromatic carbocycles. The minimum absolute atomic E-state index is 0.0305. The van der Waals surface area contributed by atoms with Crippen LogP contribution in [-0.2, 0) is 0 Å². The molecule has 0 saturated heterocycles. The number of aryl methyl sites for hydroxylation is 3. The smallest absolute Gasteiger partial charge is 0.296 e. The van der Waals surface area contributed by atoms with Crippen molar-refractivity contribution in [1.82, 2.24) is 4.98 Å². The molecule has 5 rings (SSSR count). The van der Waals surface area contributed by atoms with E-state index in [9.17, 15) is 9.59 Å². The average Bonchev–Trinajstić information content (AvgIpc) is 3.13. The maximum absolute atomic E-state index is 13.8. The van der Waals surface area contributed by atoms with Crippen LogP contribution in [-0.4, -0.2) is 25.1 Å². The van der Waals surface area contributed by atoms with Crippen molar-refractivity contribution >= 4 is 22.7 Å². The summed E-state index contributed by atoms with van der Waals surface area (Å²) in [5.41, 5.74) is 4.05. The molecule has 0 radical (unpaired) electrons. The first-order valence-electron chi connectivity index (χ1n) is 10.9. The minimum Gasteiger partial charge on any atom is -0.493 e. The van der Waals surface area contributed by atoms with E-state index in [0.29, 0.717) is 33.8 Å². The van der Waals surface area contributed by atoms with E-state index >= 15 is 0 Å². The number of ether oxygens (including phenoxy) is 2. The molecule has 1 aliphatic rings. The third-order valence-corrected chi connectivity index (χ3v) is 6.35. The van der Waals surface area contributed by atoms with Crippen LogP contribution in [0.5, 0.6) is 11.5 Å². The lowest BCUT2D eigenvalue weighted by molar-refractivity contribution is 0.0970. The molecule has 0 spiro atoms. The Morgan fingerprint density at radius 1 is 0.912 bits per heavy atom.